The van der Waals surface area contributed by atoms with Crippen LogP contribution in [0.2, 0.25) is 5.02 Å². The van der Waals surface area contributed by atoms with E-state index in [-0.39, 0.29) is 16.5 Å². The lowest BCUT2D eigenvalue weighted by Crippen LogP contribution is -2.33. The summed E-state index contributed by atoms with van der Waals surface area (Å²) in [4.78, 5) is 42.8. The molecular formula is C23H19ClN4O4S. The van der Waals surface area contributed by atoms with Crippen LogP contribution in [0.4, 0.5) is 0 Å². The number of methoxy groups -OCH3 is 1. The highest BCUT2D eigenvalue weighted by Crippen LogP contribution is 2.27. The zero-order chi connectivity index (χ0) is 23.5. The number of imide groups is 1. The van der Waals surface area contributed by atoms with Crippen LogP contribution in [-0.4, -0.2) is 38.8 Å². The number of hydrogen-bond donors (Lipinski definition) is 1. The molecule has 0 bridgehead atoms. The molecule has 0 fully saturated rings. The first-order valence-corrected chi connectivity index (χ1v) is 11.2. The number of fused-ring (bicyclic) bond motifs is 1. The third-order valence-electron chi connectivity index (χ3n) is 4.89. The van der Waals surface area contributed by atoms with E-state index < -0.39 is 11.8 Å². The Hall–Kier alpha value is -3.56. The van der Waals surface area contributed by atoms with Gasteiger partial charge in [0.05, 0.1) is 29.5 Å². The molecule has 2 amide bonds. The monoisotopic (exact) mass is 482 g/mol. The molecule has 0 radical (unpaired) electrons. The Morgan fingerprint density at radius 3 is 2.67 bits per heavy atom. The highest BCUT2D eigenvalue weighted by atomic mass is 35.5. The first-order valence-electron chi connectivity index (χ1n) is 9.83. The Morgan fingerprint density at radius 1 is 1.15 bits per heavy atom. The lowest BCUT2D eigenvalue weighted by Gasteiger charge is -2.15. The predicted molar refractivity (Wildman–Crippen MR) is 128 cm³/mol. The molecule has 8 nitrogen and oxygen atoms in total. The van der Waals surface area contributed by atoms with Crippen molar-refractivity contribution in [2.45, 2.75) is 5.16 Å². The molecule has 0 aliphatic rings. The van der Waals surface area contributed by atoms with E-state index in [4.69, 9.17) is 16.3 Å². The molecule has 4 aromatic rings. The molecule has 1 N–H and O–H groups in total. The van der Waals surface area contributed by atoms with Crippen LogP contribution in [0.1, 0.15) is 10.5 Å². The number of nitrogens with one attached hydrogen (secondary N) is 1. The van der Waals surface area contributed by atoms with Gasteiger partial charge < -0.3 is 9.30 Å². The van der Waals surface area contributed by atoms with E-state index in [9.17, 15) is 14.4 Å². The Labute approximate surface area is 198 Å². The van der Waals surface area contributed by atoms with Crippen molar-refractivity contribution >= 4 is 46.1 Å². The third kappa shape index (κ3) is 4.64. The number of carbonyl (C=O) groups is 2. The lowest BCUT2D eigenvalue weighted by atomic mass is 10.2. The van der Waals surface area contributed by atoms with Crippen molar-refractivity contribution in [2.24, 2.45) is 7.05 Å². The fourth-order valence-electron chi connectivity index (χ4n) is 3.32. The van der Waals surface area contributed by atoms with Crippen molar-refractivity contribution in [3.63, 3.8) is 0 Å². The molecule has 4 rings (SSSR count). The number of carbonyl (C=O) groups excluding carboxylic acids is 2. The fourth-order valence-corrected chi connectivity index (χ4v) is 4.29. The molecule has 0 unspecified atom stereocenters. The maximum absolute atomic E-state index is 13.4. The summed E-state index contributed by atoms with van der Waals surface area (Å²) in [5.74, 6) is -0.685. The first kappa shape index (κ1) is 22.6. The smallest absolute Gasteiger partial charge is 0.274 e. The van der Waals surface area contributed by atoms with Crippen molar-refractivity contribution in [1.82, 2.24) is 19.4 Å². The number of rotatable bonds is 6. The van der Waals surface area contributed by atoms with Crippen LogP contribution in [0.5, 0.6) is 5.75 Å². The molecule has 10 heteroatoms. The second-order valence-corrected chi connectivity index (χ2v) is 8.42. The fraction of sp³-hybridized carbons (Fsp3) is 0.130. The summed E-state index contributed by atoms with van der Waals surface area (Å²) in [5.41, 5.74) is 0.917. The number of aryl methyl sites for hydroxylation is 1. The van der Waals surface area contributed by atoms with Gasteiger partial charge in [-0.25, -0.2) is 4.98 Å². The number of nitrogens with zero attached hydrogens (tertiary/aromatic N) is 3. The third-order valence-corrected chi connectivity index (χ3v) is 6.06. The molecule has 0 aliphatic heterocycles. The van der Waals surface area contributed by atoms with Gasteiger partial charge in [-0.2, -0.15) is 0 Å². The van der Waals surface area contributed by atoms with Gasteiger partial charge >= 0.3 is 0 Å². The van der Waals surface area contributed by atoms with Gasteiger partial charge in [0.25, 0.3) is 11.5 Å². The Kier molecular flexibility index (Phi) is 6.52. The number of para-hydroxylation sites is 2. The van der Waals surface area contributed by atoms with E-state index in [1.54, 1.807) is 72.4 Å². The summed E-state index contributed by atoms with van der Waals surface area (Å²) in [7, 11) is 3.22. The predicted octanol–water partition coefficient (Wildman–Crippen LogP) is 3.43. The van der Waals surface area contributed by atoms with Gasteiger partial charge in [-0.05, 0) is 42.5 Å². The van der Waals surface area contributed by atoms with Gasteiger partial charge in [-0.1, -0.05) is 35.5 Å². The molecule has 33 heavy (non-hydrogen) atoms. The Bertz CT molecular complexity index is 1430. The molecule has 2 heterocycles. The van der Waals surface area contributed by atoms with Crippen molar-refractivity contribution in [3.8, 4) is 11.4 Å². The molecule has 0 atom stereocenters. The average molecular weight is 483 g/mol. The minimum absolute atomic E-state index is 0.135. The van der Waals surface area contributed by atoms with Gasteiger partial charge in [-0.15, -0.1) is 0 Å². The zero-order valence-corrected chi connectivity index (χ0v) is 19.3. The quantitative estimate of drug-likeness (QED) is 0.334. The van der Waals surface area contributed by atoms with Crippen molar-refractivity contribution in [1.29, 1.82) is 0 Å². The highest BCUT2D eigenvalue weighted by Gasteiger charge is 2.19. The van der Waals surface area contributed by atoms with E-state index in [1.165, 1.54) is 11.7 Å². The second-order valence-electron chi connectivity index (χ2n) is 7.04. The first-order chi connectivity index (χ1) is 15.9. The summed E-state index contributed by atoms with van der Waals surface area (Å²) in [6.07, 6.45) is 1.71. The van der Waals surface area contributed by atoms with E-state index in [1.807, 2.05) is 0 Å². The van der Waals surface area contributed by atoms with E-state index in [0.717, 1.165) is 11.8 Å². The van der Waals surface area contributed by atoms with Crippen molar-refractivity contribution in [2.75, 3.05) is 12.9 Å². The molecule has 0 aliphatic carbocycles. The number of thioether (sulfide) groups is 1. The van der Waals surface area contributed by atoms with Gasteiger partial charge in [-0.3, -0.25) is 24.3 Å². The number of hydrogen-bond acceptors (Lipinski definition) is 6. The molecule has 2 aromatic carbocycles. The minimum atomic E-state index is -0.516. The number of ether oxygens (including phenoxy) is 1. The Balaban J connectivity index is 1.70. The SMILES string of the molecule is COc1ccccc1-n1c(SCC(=O)NC(=O)c2cccn2C)nc2cc(Cl)ccc2c1=O. The van der Waals surface area contributed by atoms with Crippen LogP contribution >= 0.6 is 23.4 Å². The van der Waals surface area contributed by atoms with Crippen LogP contribution in [0.3, 0.4) is 0 Å². The maximum atomic E-state index is 13.4. The Morgan fingerprint density at radius 2 is 1.94 bits per heavy atom. The van der Waals surface area contributed by atoms with Gasteiger partial charge in [0, 0.05) is 18.3 Å². The minimum Gasteiger partial charge on any atom is -0.495 e. The maximum Gasteiger partial charge on any atom is 0.274 e. The number of aromatic nitrogens is 3. The molecule has 168 valence electrons. The van der Waals surface area contributed by atoms with Crippen LogP contribution in [0, 0.1) is 0 Å². The van der Waals surface area contributed by atoms with Gasteiger partial charge in [0.1, 0.15) is 11.4 Å². The molecule has 0 saturated heterocycles. The number of halogens is 1. The second kappa shape index (κ2) is 9.51. The topological polar surface area (TPSA) is 95.2 Å². The van der Waals surface area contributed by atoms with Crippen LogP contribution in [0.25, 0.3) is 16.6 Å². The molecule has 2 aromatic heterocycles. The van der Waals surface area contributed by atoms with Gasteiger partial charge in [0.2, 0.25) is 5.91 Å². The van der Waals surface area contributed by atoms with Crippen LogP contribution < -0.4 is 15.6 Å². The highest BCUT2D eigenvalue weighted by molar-refractivity contribution is 7.99. The summed E-state index contributed by atoms with van der Waals surface area (Å²) in [5, 5.41) is 3.43. The standard InChI is InChI=1S/C23H19ClN4O4S/c1-27-11-5-7-18(27)21(30)26-20(29)13-33-23-25-16-12-14(24)9-10-15(16)22(31)28(23)17-6-3-4-8-19(17)32-2/h3-12H,13H2,1-2H3,(H,26,29,30). The van der Waals surface area contributed by atoms with Crippen molar-refractivity contribution < 1.29 is 14.3 Å². The summed E-state index contributed by atoms with van der Waals surface area (Å²) < 4.78 is 8.44. The lowest BCUT2D eigenvalue weighted by molar-refractivity contribution is -0.117. The van der Waals surface area contributed by atoms with Crippen LogP contribution in [-0.2, 0) is 11.8 Å². The summed E-state index contributed by atoms with van der Waals surface area (Å²) in [6, 6.07) is 15.2. The molecule has 0 spiro atoms. The normalized spacial score (nSPS) is 10.9. The summed E-state index contributed by atoms with van der Waals surface area (Å²) >= 11 is 7.12. The van der Waals surface area contributed by atoms with Gasteiger partial charge in [0.15, 0.2) is 5.16 Å². The molecule has 0 saturated carbocycles. The largest absolute Gasteiger partial charge is 0.495 e. The van der Waals surface area contributed by atoms with E-state index in [0.29, 0.717) is 33.1 Å². The average Bonchev–Trinajstić information content (AvgIpc) is 3.23. The molecular weight excluding hydrogens is 464 g/mol. The van der Waals surface area contributed by atoms with Crippen LogP contribution in [0.15, 0.2) is 70.7 Å². The number of benzene rings is 2. The van der Waals surface area contributed by atoms with Crippen molar-refractivity contribution in [3.05, 3.63) is 81.9 Å². The summed E-state index contributed by atoms with van der Waals surface area (Å²) in [6.45, 7) is 0. The number of amides is 2. The van der Waals surface area contributed by atoms with E-state index in [2.05, 4.69) is 10.3 Å². The van der Waals surface area contributed by atoms with E-state index >= 15 is 0 Å². The zero-order valence-electron chi connectivity index (χ0n) is 17.7.